The molecule has 1 heterocycles. The SMILES string of the molecule is CCCc1nc2ccc(S(=O)(=O)Cl)cc2c(=O)[nH]1. The molecule has 7 heteroatoms. The van der Waals surface area contributed by atoms with E-state index in [1.165, 1.54) is 18.2 Å². The van der Waals surface area contributed by atoms with Gasteiger partial charge in [-0.3, -0.25) is 4.79 Å². The summed E-state index contributed by atoms with van der Waals surface area (Å²) in [5.74, 6) is 0.594. The molecule has 5 nitrogen and oxygen atoms in total. The van der Waals surface area contributed by atoms with Crippen LogP contribution in [0.4, 0.5) is 0 Å². The van der Waals surface area contributed by atoms with Crippen molar-refractivity contribution in [2.75, 3.05) is 0 Å². The molecular weight excluding hydrogens is 276 g/mol. The summed E-state index contributed by atoms with van der Waals surface area (Å²) in [4.78, 5) is 18.6. The van der Waals surface area contributed by atoms with Gasteiger partial charge in [0.2, 0.25) is 0 Å². The largest absolute Gasteiger partial charge is 0.310 e. The van der Waals surface area contributed by atoms with Gasteiger partial charge in [-0.15, -0.1) is 0 Å². The Bertz CT molecular complexity index is 752. The van der Waals surface area contributed by atoms with Crippen LogP contribution in [0.15, 0.2) is 27.9 Å². The van der Waals surface area contributed by atoms with Gasteiger partial charge in [-0.2, -0.15) is 0 Å². The minimum absolute atomic E-state index is 0.104. The molecule has 96 valence electrons. The van der Waals surface area contributed by atoms with Crippen LogP contribution in [0, 0.1) is 0 Å². The topological polar surface area (TPSA) is 79.9 Å². The summed E-state index contributed by atoms with van der Waals surface area (Å²) in [6, 6.07) is 4.06. The van der Waals surface area contributed by atoms with Crippen molar-refractivity contribution in [3.05, 3.63) is 34.4 Å². The summed E-state index contributed by atoms with van der Waals surface area (Å²) in [6.45, 7) is 1.98. The number of aromatic amines is 1. The third-order valence-corrected chi connectivity index (χ3v) is 3.85. The molecule has 1 aromatic carbocycles. The van der Waals surface area contributed by atoms with E-state index >= 15 is 0 Å². The smallest absolute Gasteiger partial charge is 0.261 e. The number of hydrogen-bond acceptors (Lipinski definition) is 4. The highest BCUT2D eigenvalue weighted by Crippen LogP contribution is 2.18. The highest BCUT2D eigenvalue weighted by atomic mass is 35.7. The Kier molecular flexibility index (Phi) is 3.41. The minimum Gasteiger partial charge on any atom is -0.310 e. The molecule has 1 N–H and O–H groups in total. The molecule has 2 rings (SSSR count). The standard InChI is InChI=1S/C11H11ClN2O3S/c1-2-3-10-13-9-5-4-7(18(12,16)17)6-8(9)11(15)14-10/h4-6H,2-3H2,1H3,(H,13,14,15). The van der Waals surface area contributed by atoms with Crippen LogP contribution in [0.1, 0.15) is 19.2 Å². The number of nitrogens with zero attached hydrogens (tertiary/aromatic N) is 1. The third-order valence-electron chi connectivity index (χ3n) is 2.49. The van der Waals surface area contributed by atoms with E-state index < -0.39 is 9.05 Å². The molecular formula is C11H11ClN2O3S. The van der Waals surface area contributed by atoms with Gasteiger partial charge in [-0.05, 0) is 24.6 Å². The van der Waals surface area contributed by atoms with E-state index in [-0.39, 0.29) is 15.8 Å². The van der Waals surface area contributed by atoms with E-state index in [1.54, 1.807) is 0 Å². The van der Waals surface area contributed by atoms with Crippen molar-refractivity contribution < 1.29 is 8.42 Å². The highest BCUT2D eigenvalue weighted by Gasteiger charge is 2.12. The fraction of sp³-hybridized carbons (Fsp3) is 0.273. The van der Waals surface area contributed by atoms with Gasteiger partial charge in [0.05, 0.1) is 15.8 Å². The number of fused-ring (bicyclic) bond motifs is 1. The average molecular weight is 287 g/mol. The quantitative estimate of drug-likeness (QED) is 0.873. The Morgan fingerprint density at radius 1 is 1.39 bits per heavy atom. The zero-order valence-electron chi connectivity index (χ0n) is 9.60. The minimum atomic E-state index is -3.84. The lowest BCUT2D eigenvalue weighted by atomic mass is 10.2. The number of aromatic nitrogens is 2. The van der Waals surface area contributed by atoms with Gasteiger partial charge in [0.25, 0.3) is 14.6 Å². The van der Waals surface area contributed by atoms with E-state index in [2.05, 4.69) is 9.97 Å². The Labute approximate surface area is 108 Å². The summed E-state index contributed by atoms with van der Waals surface area (Å²) < 4.78 is 22.4. The molecule has 0 atom stereocenters. The molecule has 0 unspecified atom stereocenters. The second-order valence-corrected chi connectivity index (χ2v) is 6.45. The first-order chi connectivity index (χ1) is 8.41. The molecule has 2 aromatic rings. The molecule has 0 fully saturated rings. The fourth-order valence-electron chi connectivity index (χ4n) is 1.67. The van der Waals surface area contributed by atoms with Gasteiger partial charge in [0.1, 0.15) is 5.82 Å². The van der Waals surface area contributed by atoms with Crippen LogP contribution in [0.3, 0.4) is 0 Å². The maximum absolute atomic E-state index is 11.8. The van der Waals surface area contributed by atoms with Crippen LogP contribution >= 0.6 is 10.7 Å². The predicted molar refractivity (Wildman–Crippen MR) is 69.4 cm³/mol. The van der Waals surface area contributed by atoms with Crippen LogP contribution in [0.25, 0.3) is 10.9 Å². The van der Waals surface area contributed by atoms with Crippen molar-refractivity contribution in [3.8, 4) is 0 Å². The second kappa shape index (κ2) is 4.70. The Morgan fingerprint density at radius 2 is 2.11 bits per heavy atom. The fourth-order valence-corrected chi connectivity index (χ4v) is 2.45. The monoisotopic (exact) mass is 286 g/mol. The Balaban J connectivity index is 2.70. The maximum Gasteiger partial charge on any atom is 0.261 e. The highest BCUT2D eigenvalue weighted by molar-refractivity contribution is 8.13. The lowest BCUT2D eigenvalue weighted by molar-refractivity contribution is 0.609. The molecule has 0 bridgehead atoms. The molecule has 0 aliphatic rings. The van der Waals surface area contributed by atoms with Crippen LogP contribution < -0.4 is 5.56 Å². The van der Waals surface area contributed by atoms with Crippen molar-refractivity contribution in [1.82, 2.24) is 9.97 Å². The summed E-state index contributed by atoms with van der Waals surface area (Å²) >= 11 is 0. The molecule has 18 heavy (non-hydrogen) atoms. The van der Waals surface area contributed by atoms with E-state index in [9.17, 15) is 13.2 Å². The van der Waals surface area contributed by atoms with Gasteiger partial charge >= 0.3 is 0 Å². The van der Waals surface area contributed by atoms with Gasteiger partial charge in [0.15, 0.2) is 0 Å². The van der Waals surface area contributed by atoms with Gasteiger partial charge in [0, 0.05) is 17.1 Å². The number of H-pyrrole nitrogens is 1. The van der Waals surface area contributed by atoms with Gasteiger partial charge in [-0.25, -0.2) is 13.4 Å². The maximum atomic E-state index is 11.8. The lowest BCUT2D eigenvalue weighted by Gasteiger charge is -2.02. The van der Waals surface area contributed by atoms with Crippen LogP contribution in [0.5, 0.6) is 0 Å². The molecule has 0 saturated heterocycles. The molecule has 0 saturated carbocycles. The molecule has 0 aliphatic heterocycles. The first kappa shape index (κ1) is 13.0. The Hall–Kier alpha value is -1.40. The van der Waals surface area contributed by atoms with Crippen molar-refractivity contribution >= 4 is 30.6 Å². The van der Waals surface area contributed by atoms with Gasteiger partial charge in [-0.1, -0.05) is 6.92 Å². The summed E-state index contributed by atoms with van der Waals surface area (Å²) in [7, 11) is 1.39. The number of nitrogens with one attached hydrogen (secondary N) is 1. The number of hydrogen-bond donors (Lipinski definition) is 1. The lowest BCUT2D eigenvalue weighted by Crippen LogP contribution is -2.12. The van der Waals surface area contributed by atoms with E-state index in [0.717, 1.165) is 6.42 Å². The van der Waals surface area contributed by atoms with Crippen LogP contribution in [-0.4, -0.2) is 18.4 Å². The van der Waals surface area contributed by atoms with E-state index in [1.807, 2.05) is 6.92 Å². The molecule has 0 radical (unpaired) electrons. The zero-order valence-corrected chi connectivity index (χ0v) is 11.2. The number of halogens is 1. The van der Waals surface area contributed by atoms with Crippen molar-refractivity contribution in [2.45, 2.75) is 24.7 Å². The van der Waals surface area contributed by atoms with Crippen molar-refractivity contribution in [2.24, 2.45) is 0 Å². The third kappa shape index (κ3) is 2.54. The molecule has 0 amide bonds. The number of aryl methyl sites for hydroxylation is 1. The zero-order chi connectivity index (χ0) is 13.3. The molecule has 0 spiro atoms. The van der Waals surface area contributed by atoms with Gasteiger partial charge < -0.3 is 4.98 Å². The Morgan fingerprint density at radius 3 is 2.72 bits per heavy atom. The predicted octanol–water partition coefficient (Wildman–Crippen LogP) is 1.80. The normalized spacial score (nSPS) is 11.9. The summed E-state index contributed by atoms with van der Waals surface area (Å²) in [5, 5.41) is 0.219. The number of benzene rings is 1. The first-order valence-electron chi connectivity index (χ1n) is 5.39. The van der Waals surface area contributed by atoms with Crippen LogP contribution in [0.2, 0.25) is 0 Å². The van der Waals surface area contributed by atoms with Crippen molar-refractivity contribution in [1.29, 1.82) is 0 Å². The summed E-state index contributed by atoms with van der Waals surface area (Å²) in [6.07, 6.45) is 1.53. The van der Waals surface area contributed by atoms with E-state index in [0.29, 0.717) is 17.8 Å². The first-order valence-corrected chi connectivity index (χ1v) is 7.70. The second-order valence-electron chi connectivity index (χ2n) is 3.88. The van der Waals surface area contributed by atoms with E-state index in [4.69, 9.17) is 10.7 Å². The molecule has 1 aromatic heterocycles. The van der Waals surface area contributed by atoms with Crippen LogP contribution in [-0.2, 0) is 15.5 Å². The average Bonchev–Trinajstić information content (AvgIpc) is 2.27. The summed E-state index contributed by atoms with van der Waals surface area (Å²) in [5.41, 5.74) is 0.108. The number of rotatable bonds is 3. The van der Waals surface area contributed by atoms with Crippen molar-refractivity contribution in [3.63, 3.8) is 0 Å². The molecule has 0 aliphatic carbocycles.